The number of hydrogen-bond donors (Lipinski definition) is 2. The van der Waals surface area contributed by atoms with Crippen LogP contribution in [0.3, 0.4) is 0 Å². The Labute approximate surface area is 148 Å². The topological polar surface area (TPSA) is 54.0 Å². The van der Waals surface area contributed by atoms with Crippen LogP contribution in [-0.2, 0) is 6.18 Å². The molecule has 1 aromatic heterocycles. The number of anilines is 2. The summed E-state index contributed by atoms with van der Waals surface area (Å²) in [5.41, 5.74) is -0.595. The fraction of sp³-hybridized carbons (Fsp3) is 0.294. The number of carbonyl (C=O) groups is 1. The normalized spacial score (nSPS) is 12.6. The van der Waals surface area contributed by atoms with Gasteiger partial charge in [-0.2, -0.15) is 13.2 Å². The number of aromatic nitrogens is 1. The average molecular weight is 372 g/mol. The number of amides is 1. The lowest BCUT2D eigenvalue weighted by atomic mass is 10.1. The predicted octanol–water partition coefficient (Wildman–Crippen LogP) is 5.22. The standard InChI is InChI=1S/C17H17ClF3N3O/c1-3-10(2)23-13-6-11(8-22-9-13)16(25)24-15-5-4-12(18)7-14(15)17(19,20)21/h4-10,23H,3H2,1-2H3,(H,24,25). The molecule has 1 atom stereocenters. The highest BCUT2D eigenvalue weighted by Gasteiger charge is 2.34. The average Bonchev–Trinajstić information content (AvgIpc) is 2.55. The Bertz CT molecular complexity index is 765. The summed E-state index contributed by atoms with van der Waals surface area (Å²) in [6.07, 6.45) is -0.922. The molecule has 0 saturated carbocycles. The Morgan fingerprint density at radius 2 is 2.00 bits per heavy atom. The van der Waals surface area contributed by atoms with Crippen molar-refractivity contribution in [2.75, 3.05) is 10.6 Å². The fourth-order valence-corrected chi connectivity index (χ4v) is 2.26. The summed E-state index contributed by atoms with van der Waals surface area (Å²) < 4.78 is 39.3. The summed E-state index contributed by atoms with van der Waals surface area (Å²) in [5, 5.41) is 5.36. The molecule has 0 bridgehead atoms. The second-order valence-corrected chi connectivity index (χ2v) is 5.99. The molecule has 1 heterocycles. The number of pyridine rings is 1. The molecule has 0 spiro atoms. The fourth-order valence-electron chi connectivity index (χ4n) is 2.08. The van der Waals surface area contributed by atoms with E-state index in [4.69, 9.17) is 11.6 Å². The van der Waals surface area contributed by atoms with Gasteiger partial charge in [0.2, 0.25) is 0 Å². The molecular formula is C17H17ClF3N3O. The molecule has 4 nitrogen and oxygen atoms in total. The van der Waals surface area contributed by atoms with Crippen molar-refractivity contribution < 1.29 is 18.0 Å². The van der Waals surface area contributed by atoms with Gasteiger partial charge in [0.05, 0.1) is 22.5 Å². The molecule has 0 fully saturated rings. The largest absolute Gasteiger partial charge is 0.418 e. The molecule has 134 valence electrons. The predicted molar refractivity (Wildman–Crippen MR) is 92.0 cm³/mol. The van der Waals surface area contributed by atoms with Crippen molar-refractivity contribution in [1.29, 1.82) is 0 Å². The smallest absolute Gasteiger partial charge is 0.381 e. The molecule has 8 heteroatoms. The van der Waals surface area contributed by atoms with E-state index in [9.17, 15) is 18.0 Å². The number of alkyl halides is 3. The van der Waals surface area contributed by atoms with Crippen molar-refractivity contribution in [3.63, 3.8) is 0 Å². The van der Waals surface area contributed by atoms with E-state index in [-0.39, 0.29) is 22.3 Å². The van der Waals surface area contributed by atoms with E-state index in [1.165, 1.54) is 18.3 Å². The van der Waals surface area contributed by atoms with Crippen molar-refractivity contribution >= 4 is 28.9 Å². The first-order valence-corrected chi connectivity index (χ1v) is 7.98. The van der Waals surface area contributed by atoms with Gasteiger partial charge in [0.1, 0.15) is 0 Å². The molecule has 1 unspecified atom stereocenters. The molecule has 0 aliphatic rings. The minimum absolute atomic E-state index is 0.0632. The van der Waals surface area contributed by atoms with Gasteiger partial charge in [-0.25, -0.2) is 0 Å². The monoisotopic (exact) mass is 371 g/mol. The lowest BCUT2D eigenvalue weighted by molar-refractivity contribution is -0.136. The third-order valence-corrected chi connectivity index (χ3v) is 3.80. The molecule has 0 radical (unpaired) electrons. The maximum Gasteiger partial charge on any atom is 0.418 e. The van der Waals surface area contributed by atoms with E-state index >= 15 is 0 Å². The molecule has 2 aromatic rings. The second kappa shape index (κ2) is 7.74. The molecule has 2 rings (SSSR count). The van der Waals surface area contributed by atoms with Gasteiger partial charge < -0.3 is 10.6 Å². The Balaban J connectivity index is 2.25. The van der Waals surface area contributed by atoms with Gasteiger partial charge in [-0.05, 0) is 37.6 Å². The molecular weight excluding hydrogens is 355 g/mol. The quantitative estimate of drug-likeness (QED) is 0.758. The number of nitrogens with one attached hydrogen (secondary N) is 2. The summed E-state index contributed by atoms with van der Waals surface area (Å²) in [6, 6.07) is 4.89. The summed E-state index contributed by atoms with van der Waals surface area (Å²) in [6.45, 7) is 3.97. The first kappa shape index (κ1) is 19.1. The van der Waals surface area contributed by atoms with Crippen LogP contribution in [0.4, 0.5) is 24.5 Å². The first-order chi connectivity index (χ1) is 11.7. The van der Waals surface area contributed by atoms with E-state index in [0.717, 1.165) is 18.6 Å². The molecule has 1 aromatic carbocycles. The Morgan fingerprint density at radius 3 is 2.64 bits per heavy atom. The molecule has 25 heavy (non-hydrogen) atoms. The molecule has 0 saturated heterocycles. The van der Waals surface area contributed by atoms with Crippen LogP contribution in [0.5, 0.6) is 0 Å². The van der Waals surface area contributed by atoms with Gasteiger partial charge in [0, 0.05) is 23.5 Å². The van der Waals surface area contributed by atoms with Crippen LogP contribution in [0.2, 0.25) is 5.02 Å². The van der Waals surface area contributed by atoms with Crippen LogP contribution in [0.15, 0.2) is 36.7 Å². The molecule has 2 N–H and O–H groups in total. The van der Waals surface area contributed by atoms with Gasteiger partial charge in [-0.1, -0.05) is 18.5 Å². The summed E-state index contributed by atoms with van der Waals surface area (Å²) in [5.74, 6) is -0.687. The number of benzene rings is 1. The summed E-state index contributed by atoms with van der Waals surface area (Å²) in [4.78, 5) is 16.3. The van der Waals surface area contributed by atoms with E-state index in [0.29, 0.717) is 5.69 Å². The number of rotatable bonds is 5. The number of hydrogen-bond acceptors (Lipinski definition) is 3. The van der Waals surface area contributed by atoms with E-state index in [1.807, 2.05) is 13.8 Å². The maximum absolute atomic E-state index is 13.1. The molecule has 1 amide bonds. The Hall–Kier alpha value is -2.28. The van der Waals surface area contributed by atoms with Gasteiger partial charge >= 0.3 is 6.18 Å². The Morgan fingerprint density at radius 1 is 1.28 bits per heavy atom. The van der Waals surface area contributed by atoms with Gasteiger partial charge in [0.25, 0.3) is 5.91 Å². The highest BCUT2D eigenvalue weighted by Crippen LogP contribution is 2.36. The third-order valence-electron chi connectivity index (χ3n) is 3.56. The lowest BCUT2D eigenvalue weighted by Gasteiger charge is -2.15. The molecule has 0 aliphatic heterocycles. The number of halogens is 4. The van der Waals surface area contributed by atoms with Crippen molar-refractivity contribution in [2.24, 2.45) is 0 Å². The maximum atomic E-state index is 13.1. The van der Waals surface area contributed by atoms with Crippen LogP contribution < -0.4 is 10.6 Å². The summed E-state index contributed by atoms with van der Waals surface area (Å²) >= 11 is 5.63. The number of nitrogens with zero attached hydrogens (tertiary/aromatic N) is 1. The van der Waals surface area contributed by atoms with Crippen molar-refractivity contribution in [3.8, 4) is 0 Å². The van der Waals surface area contributed by atoms with Crippen molar-refractivity contribution in [3.05, 3.63) is 52.8 Å². The SMILES string of the molecule is CCC(C)Nc1cncc(C(=O)Nc2ccc(Cl)cc2C(F)(F)F)c1. The van der Waals surface area contributed by atoms with Gasteiger partial charge in [-0.3, -0.25) is 9.78 Å². The number of carbonyl (C=O) groups excluding carboxylic acids is 1. The van der Waals surface area contributed by atoms with Gasteiger partial charge in [-0.15, -0.1) is 0 Å². The zero-order valence-corrected chi connectivity index (χ0v) is 14.4. The van der Waals surface area contributed by atoms with Crippen molar-refractivity contribution in [2.45, 2.75) is 32.5 Å². The Kier molecular flexibility index (Phi) is 5.89. The molecule has 0 aliphatic carbocycles. The minimum atomic E-state index is -4.63. The van der Waals surface area contributed by atoms with Crippen LogP contribution in [0.1, 0.15) is 36.2 Å². The summed E-state index contributed by atoms with van der Waals surface area (Å²) in [7, 11) is 0. The highest BCUT2D eigenvalue weighted by atomic mass is 35.5. The minimum Gasteiger partial charge on any atom is -0.381 e. The van der Waals surface area contributed by atoms with E-state index in [2.05, 4.69) is 15.6 Å². The zero-order valence-electron chi connectivity index (χ0n) is 13.6. The van der Waals surface area contributed by atoms with Crippen LogP contribution in [-0.4, -0.2) is 16.9 Å². The van der Waals surface area contributed by atoms with Crippen LogP contribution >= 0.6 is 11.6 Å². The van der Waals surface area contributed by atoms with Gasteiger partial charge in [0.15, 0.2) is 0 Å². The van der Waals surface area contributed by atoms with E-state index in [1.54, 1.807) is 6.20 Å². The zero-order chi connectivity index (χ0) is 18.6. The first-order valence-electron chi connectivity index (χ1n) is 7.60. The third kappa shape index (κ3) is 5.09. The second-order valence-electron chi connectivity index (χ2n) is 5.56. The van der Waals surface area contributed by atoms with Crippen LogP contribution in [0.25, 0.3) is 0 Å². The van der Waals surface area contributed by atoms with Crippen LogP contribution in [0, 0.1) is 0 Å². The van der Waals surface area contributed by atoms with E-state index < -0.39 is 17.6 Å². The lowest BCUT2D eigenvalue weighted by Crippen LogP contribution is -2.18. The van der Waals surface area contributed by atoms with Crippen molar-refractivity contribution in [1.82, 2.24) is 4.98 Å². The highest BCUT2D eigenvalue weighted by molar-refractivity contribution is 6.30.